The first-order chi connectivity index (χ1) is 6.09. The third kappa shape index (κ3) is 2.10. The maximum absolute atomic E-state index is 11.7. The molecule has 0 aromatic carbocycles. The van der Waals surface area contributed by atoms with Gasteiger partial charge in [-0.25, -0.2) is 0 Å². The molecule has 0 saturated carbocycles. The van der Waals surface area contributed by atoms with Crippen LogP contribution >= 0.6 is 0 Å². The van der Waals surface area contributed by atoms with Gasteiger partial charge in [0.05, 0.1) is 12.0 Å². The summed E-state index contributed by atoms with van der Waals surface area (Å²) in [6, 6.07) is 0. The number of hydrogen-bond acceptors (Lipinski definition) is 2. The number of rotatable bonds is 3. The van der Waals surface area contributed by atoms with E-state index in [2.05, 4.69) is 10.8 Å². The lowest BCUT2D eigenvalue weighted by atomic mass is 9.95. The fourth-order valence-corrected chi connectivity index (χ4v) is 1.76. The average molecular weight is 179 g/mol. The van der Waals surface area contributed by atoms with Gasteiger partial charge in [0.2, 0.25) is 0 Å². The van der Waals surface area contributed by atoms with Crippen molar-refractivity contribution < 1.29 is 4.79 Å². The van der Waals surface area contributed by atoms with Crippen LogP contribution in [0.15, 0.2) is 0 Å². The van der Waals surface area contributed by atoms with Gasteiger partial charge in [0.15, 0.2) is 5.78 Å². The van der Waals surface area contributed by atoms with E-state index in [1.54, 1.807) is 0 Å². The van der Waals surface area contributed by atoms with Crippen LogP contribution in [0.1, 0.15) is 33.1 Å². The third-order valence-corrected chi connectivity index (χ3v) is 2.84. The minimum absolute atomic E-state index is 0.164. The summed E-state index contributed by atoms with van der Waals surface area (Å²) in [4.78, 5) is 13.9. The zero-order valence-corrected chi connectivity index (χ0v) is 8.47. The van der Waals surface area contributed by atoms with Gasteiger partial charge >= 0.3 is 0 Å². The smallest absolute Gasteiger partial charge is 0.164 e. The van der Waals surface area contributed by atoms with Crippen molar-refractivity contribution in [3.63, 3.8) is 0 Å². The normalized spacial score (nSPS) is 18.5. The van der Waals surface area contributed by atoms with E-state index in [1.807, 2.05) is 13.8 Å². The lowest BCUT2D eigenvalue weighted by Crippen LogP contribution is -2.48. The second-order valence-corrected chi connectivity index (χ2v) is 4.06. The van der Waals surface area contributed by atoms with Crippen LogP contribution in [0.4, 0.5) is 0 Å². The number of Topliss-reactive ketones (excluding diaryl/α,β-unsaturated/α-hetero) is 1. The van der Waals surface area contributed by atoms with Crippen LogP contribution in [0.25, 0.3) is 0 Å². The topological polar surface area (TPSA) is 20.3 Å². The van der Waals surface area contributed by atoms with Crippen molar-refractivity contribution in [3.05, 3.63) is 0 Å². The van der Waals surface area contributed by atoms with Crippen molar-refractivity contribution in [3.8, 4) is 12.3 Å². The molecule has 1 aliphatic rings. The first-order valence-electron chi connectivity index (χ1n) is 4.81. The molecule has 0 N–H and O–H groups in total. The van der Waals surface area contributed by atoms with Crippen molar-refractivity contribution in [2.45, 2.75) is 38.6 Å². The minimum Gasteiger partial charge on any atom is -0.297 e. The van der Waals surface area contributed by atoms with Crippen molar-refractivity contribution in [2.24, 2.45) is 0 Å². The minimum atomic E-state index is -0.358. The van der Waals surface area contributed by atoms with E-state index in [9.17, 15) is 4.79 Å². The summed E-state index contributed by atoms with van der Waals surface area (Å²) >= 11 is 0. The molecule has 0 atom stereocenters. The van der Waals surface area contributed by atoms with Crippen molar-refractivity contribution in [2.75, 3.05) is 13.1 Å². The highest BCUT2D eigenvalue weighted by molar-refractivity contribution is 5.89. The predicted octanol–water partition coefficient (Wildman–Crippen LogP) is 1.45. The van der Waals surface area contributed by atoms with Gasteiger partial charge in [-0.2, -0.15) is 0 Å². The summed E-state index contributed by atoms with van der Waals surface area (Å²) in [7, 11) is 0. The number of carbonyl (C=O) groups is 1. The van der Waals surface area contributed by atoms with Crippen LogP contribution in [0.3, 0.4) is 0 Å². The molecule has 1 aliphatic heterocycles. The highest BCUT2D eigenvalue weighted by Crippen LogP contribution is 2.22. The summed E-state index contributed by atoms with van der Waals surface area (Å²) in [5.74, 6) is 2.58. The van der Waals surface area contributed by atoms with Crippen LogP contribution in [0.5, 0.6) is 0 Å². The molecular formula is C11H17NO. The van der Waals surface area contributed by atoms with Crippen molar-refractivity contribution in [1.29, 1.82) is 0 Å². The summed E-state index contributed by atoms with van der Waals surface area (Å²) in [6.07, 6.45) is 7.79. The molecule has 1 fully saturated rings. The Morgan fingerprint density at radius 1 is 1.46 bits per heavy atom. The monoisotopic (exact) mass is 179 g/mol. The molecule has 1 saturated heterocycles. The molecule has 1 rings (SSSR count). The number of terminal acetylenes is 1. The quantitative estimate of drug-likeness (QED) is 0.611. The van der Waals surface area contributed by atoms with Crippen LogP contribution < -0.4 is 0 Å². The van der Waals surface area contributed by atoms with Crippen LogP contribution in [0.2, 0.25) is 0 Å². The van der Waals surface area contributed by atoms with Gasteiger partial charge in [0.25, 0.3) is 0 Å². The Hall–Kier alpha value is -0.810. The van der Waals surface area contributed by atoms with E-state index < -0.39 is 0 Å². The SMILES string of the molecule is C#CCC(=O)C(C)(C)N1CCCC1. The highest BCUT2D eigenvalue weighted by atomic mass is 16.1. The van der Waals surface area contributed by atoms with E-state index in [0.29, 0.717) is 0 Å². The molecule has 72 valence electrons. The predicted molar refractivity (Wildman–Crippen MR) is 53.3 cm³/mol. The Morgan fingerprint density at radius 2 is 2.00 bits per heavy atom. The van der Waals surface area contributed by atoms with Gasteiger partial charge in [-0.3, -0.25) is 9.69 Å². The molecule has 0 bridgehead atoms. The Morgan fingerprint density at radius 3 is 2.46 bits per heavy atom. The molecule has 1 heterocycles. The Balaban J connectivity index is 2.63. The molecule has 13 heavy (non-hydrogen) atoms. The second-order valence-electron chi connectivity index (χ2n) is 4.06. The maximum Gasteiger partial charge on any atom is 0.164 e. The summed E-state index contributed by atoms with van der Waals surface area (Å²) in [5, 5.41) is 0. The zero-order chi connectivity index (χ0) is 9.90. The van der Waals surface area contributed by atoms with Gasteiger partial charge in [0, 0.05) is 0 Å². The van der Waals surface area contributed by atoms with Gasteiger partial charge in [-0.15, -0.1) is 6.42 Å². The van der Waals surface area contributed by atoms with Gasteiger partial charge in [-0.1, -0.05) is 5.92 Å². The number of hydrogen-bond donors (Lipinski definition) is 0. The Bertz CT molecular complexity index is 231. The molecule has 0 spiro atoms. The molecule has 0 radical (unpaired) electrons. The molecular weight excluding hydrogens is 162 g/mol. The second kappa shape index (κ2) is 3.93. The standard InChI is InChI=1S/C11H17NO/c1-4-7-10(13)11(2,3)12-8-5-6-9-12/h1H,5-9H2,2-3H3. The molecule has 0 amide bonds. The lowest BCUT2D eigenvalue weighted by molar-refractivity contribution is -0.127. The van der Waals surface area contributed by atoms with Gasteiger partial charge in [-0.05, 0) is 39.8 Å². The number of carbonyl (C=O) groups excluding carboxylic acids is 1. The Labute approximate surface area is 80.3 Å². The summed E-state index contributed by atoms with van der Waals surface area (Å²) in [5.41, 5.74) is -0.358. The van der Waals surface area contributed by atoms with Gasteiger partial charge < -0.3 is 0 Å². The molecule has 0 aliphatic carbocycles. The van der Waals surface area contributed by atoms with Crippen LogP contribution in [-0.4, -0.2) is 29.3 Å². The van der Waals surface area contributed by atoms with E-state index in [0.717, 1.165) is 13.1 Å². The van der Waals surface area contributed by atoms with Crippen LogP contribution in [0, 0.1) is 12.3 Å². The first kappa shape index (κ1) is 10.3. The third-order valence-electron chi connectivity index (χ3n) is 2.84. The highest BCUT2D eigenvalue weighted by Gasteiger charge is 2.34. The maximum atomic E-state index is 11.7. The van der Waals surface area contributed by atoms with Crippen molar-refractivity contribution in [1.82, 2.24) is 4.90 Å². The fraction of sp³-hybridized carbons (Fsp3) is 0.727. The molecule has 2 heteroatoms. The van der Waals surface area contributed by atoms with Crippen molar-refractivity contribution >= 4 is 5.78 Å². The Kier molecular flexibility index (Phi) is 3.11. The fourth-order valence-electron chi connectivity index (χ4n) is 1.76. The van der Waals surface area contributed by atoms with Crippen LogP contribution in [-0.2, 0) is 4.79 Å². The number of ketones is 1. The van der Waals surface area contributed by atoms with E-state index in [4.69, 9.17) is 6.42 Å². The van der Waals surface area contributed by atoms with E-state index in [-0.39, 0.29) is 17.7 Å². The molecule has 0 unspecified atom stereocenters. The molecule has 0 aromatic rings. The number of likely N-dealkylation sites (tertiary alicyclic amines) is 1. The number of nitrogens with zero attached hydrogens (tertiary/aromatic N) is 1. The van der Waals surface area contributed by atoms with E-state index >= 15 is 0 Å². The van der Waals surface area contributed by atoms with Gasteiger partial charge in [0.1, 0.15) is 0 Å². The summed E-state index contributed by atoms with van der Waals surface area (Å²) < 4.78 is 0. The lowest BCUT2D eigenvalue weighted by Gasteiger charge is -2.33. The summed E-state index contributed by atoms with van der Waals surface area (Å²) in [6.45, 7) is 6.00. The first-order valence-corrected chi connectivity index (χ1v) is 4.81. The molecule has 2 nitrogen and oxygen atoms in total. The van der Waals surface area contributed by atoms with E-state index in [1.165, 1.54) is 12.8 Å². The largest absolute Gasteiger partial charge is 0.297 e. The zero-order valence-electron chi connectivity index (χ0n) is 8.47. The average Bonchev–Trinajstić information content (AvgIpc) is 2.56. The molecule has 0 aromatic heterocycles.